The largest absolute Gasteiger partial charge is 0.346 e. The fourth-order valence-electron chi connectivity index (χ4n) is 6.53. The zero-order valence-corrected chi connectivity index (χ0v) is 20.1. The Bertz CT molecular complexity index is 990. The zero-order valence-electron chi connectivity index (χ0n) is 19.3. The summed E-state index contributed by atoms with van der Waals surface area (Å²) >= 11 is 1.40. The number of halogens is 1. The Labute approximate surface area is 194 Å². The molecule has 2 aliphatic heterocycles. The standard InChI is InChI=1S/C25H33FN4OS/c1-24(2)12-20-13-25(3,15-24)16-30(20)22(31)18-5-4-10-29(14-18)23-27-21(28-32-23)11-17-6-8-19(26)9-7-17/h6-9,18,20H,4-5,10-16H2,1-3H3. The average Bonchev–Trinajstić information content (AvgIpc) is 3.30. The molecular formula is C25H33FN4OS. The smallest absolute Gasteiger partial charge is 0.227 e. The number of likely N-dealkylation sites (tertiary alicyclic amines) is 1. The second-order valence-electron chi connectivity index (χ2n) is 11.3. The van der Waals surface area contributed by atoms with E-state index in [-0.39, 0.29) is 17.2 Å². The van der Waals surface area contributed by atoms with E-state index in [1.807, 2.05) is 0 Å². The second kappa shape index (κ2) is 8.08. The molecule has 0 spiro atoms. The van der Waals surface area contributed by atoms with Gasteiger partial charge in [-0.3, -0.25) is 4.79 Å². The lowest BCUT2D eigenvalue weighted by molar-refractivity contribution is -0.137. The zero-order chi connectivity index (χ0) is 22.5. The van der Waals surface area contributed by atoms with Crippen molar-refractivity contribution in [3.8, 4) is 0 Å². The number of nitrogens with zero attached hydrogens (tertiary/aromatic N) is 4. The number of benzene rings is 1. The summed E-state index contributed by atoms with van der Waals surface area (Å²) < 4.78 is 17.7. The molecule has 1 aromatic heterocycles. The molecule has 0 radical (unpaired) electrons. The Morgan fingerprint density at radius 3 is 2.78 bits per heavy atom. The van der Waals surface area contributed by atoms with Crippen LogP contribution in [0.2, 0.25) is 0 Å². The number of hydrogen-bond donors (Lipinski definition) is 0. The molecule has 172 valence electrons. The molecule has 32 heavy (non-hydrogen) atoms. The van der Waals surface area contributed by atoms with Gasteiger partial charge in [-0.1, -0.05) is 32.9 Å². The van der Waals surface area contributed by atoms with Gasteiger partial charge in [-0.15, -0.1) is 0 Å². The topological polar surface area (TPSA) is 49.3 Å². The lowest BCUT2D eigenvalue weighted by Crippen LogP contribution is -2.47. The number of carbonyl (C=O) groups excluding carboxylic acids is 1. The molecule has 3 unspecified atom stereocenters. The molecule has 7 heteroatoms. The van der Waals surface area contributed by atoms with Crippen molar-refractivity contribution in [1.82, 2.24) is 14.3 Å². The van der Waals surface area contributed by atoms with Gasteiger partial charge in [0.1, 0.15) is 11.6 Å². The highest BCUT2D eigenvalue weighted by molar-refractivity contribution is 7.09. The molecule has 1 aromatic carbocycles. The van der Waals surface area contributed by atoms with E-state index in [9.17, 15) is 9.18 Å². The highest BCUT2D eigenvalue weighted by Gasteiger charge is 2.51. The molecule has 3 fully saturated rings. The molecule has 2 bridgehead atoms. The van der Waals surface area contributed by atoms with Crippen molar-refractivity contribution in [2.24, 2.45) is 16.7 Å². The van der Waals surface area contributed by atoms with Crippen LogP contribution in [0.4, 0.5) is 9.52 Å². The van der Waals surface area contributed by atoms with Crippen LogP contribution in [0, 0.1) is 22.6 Å². The van der Waals surface area contributed by atoms with Crippen LogP contribution in [0.25, 0.3) is 0 Å². The fourth-order valence-corrected chi connectivity index (χ4v) is 7.25. The number of piperidine rings is 1. The molecule has 1 saturated carbocycles. The third kappa shape index (κ3) is 4.41. The minimum Gasteiger partial charge on any atom is -0.346 e. The fraction of sp³-hybridized carbons (Fsp3) is 0.640. The first-order valence-corrected chi connectivity index (χ1v) is 12.6. The van der Waals surface area contributed by atoms with Gasteiger partial charge in [0.25, 0.3) is 0 Å². The van der Waals surface area contributed by atoms with Gasteiger partial charge in [0.05, 0.1) is 5.92 Å². The highest BCUT2D eigenvalue weighted by Crippen LogP contribution is 2.52. The Kier molecular flexibility index (Phi) is 5.51. The summed E-state index contributed by atoms with van der Waals surface area (Å²) in [5, 5.41) is 0.896. The summed E-state index contributed by atoms with van der Waals surface area (Å²) in [6.45, 7) is 9.64. The molecule has 0 N–H and O–H groups in total. The number of aromatic nitrogens is 2. The lowest BCUT2D eigenvalue weighted by Gasteiger charge is -2.40. The summed E-state index contributed by atoms with van der Waals surface area (Å²) in [6, 6.07) is 6.89. The molecule has 3 aliphatic rings. The van der Waals surface area contributed by atoms with E-state index in [1.54, 1.807) is 12.1 Å². The molecule has 1 aliphatic carbocycles. The number of rotatable bonds is 4. The van der Waals surface area contributed by atoms with E-state index < -0.39 is 0 Å². The first-order chi connectivity index (χ1) is 15.2. The van der Waals surface area contributed by atoms with Gasteiger partial charge in [-0.05, 0) is 60.6 Å². The summed E-state index contributed by atoms with van der Waals surface area (Å²) in [5.41, 5.74) is 1.59. The van der Waals surface area contributed by atoms with Crippen molar-refractivity contribution in [3.63, 3.8) is 0 Å². The quantitative estimate of drug-likeness (QED) is 0.656. The third-order valence-corrected chi connectivity index (χ3v) is 8.29. The number of hydrogen-bond acceptors (Lipinski definition) is 5. The lowest BCUT2D eigenvalue weighted by atomic mass is 9.65. The summed E-state index contributed by atoms with van der Waals surface area (Å²) in [6.07, 6.45) is 6.04. The second-order valence-corrected chi connectivity index (χ2v) is 12.0. The van der Waals surface area contributed by atoms with Crippen LogP contribution in [-0.4, -0.2) is 45.8 Å². The van der Waals surface area contributed by atoms with Gasteiger partial charge < -0.3 is 9.80 Å². The first kappa shape index (κ1) is 21.8. The van der Waals surface area contributed by atoms with Crippen LogP contribution >= 0.6 is 11.5 Å². The van der Waals surface area contributed by atoms with Gasteiger partial charge in [0.2, 0.25) is 11.0 Å². The van der Waals surface area contributed by atoms with Gasteiger partial charge in [0, 0.05) is 43.6 Å². The summed E-state index contributed by atoms with van der Waals surface area (Å²) in [5.74, 6) is 0.911. The van der Waals surface area contributed by atoms with Gasteiger partial charge in [-0.2, -0.15) is 4.37 Å². The minimum atomic E-state index is -0.232. The van der Waals surface area contributed by atoms with Gasteiger partial charge >= 0.3 is 0 Å². The molecule has 2 saturated heterocycles. The number of fused-ring (bicyclic) bond motifs is 2. The van der Waals surface area contributed by atoms with E-state index in [2.05, 4.69) is 34.9 Å². The van der Waals surface area contributed by atoms with E-state index in [4.69, 9.17) is 4.98 Å². The van der Waals surface area contributed by atoms with Crippen LogP contribution in [0.5, 0.6) is 0 Å². The predicted octanol–water partition coefficient (Wildman–Crippen LogP) is 4.91. The molecule has 3 atom stereocenters. The van der Waals surface area contributed by atoms with E-state index >= 15 is 0 Å². The number of amides is 1. The van der Waals surface area contributed by atoms with Crippen LogP contribution < -0.4 is 4.90 Å². The highest BCUT2D eigenvalue weighted by atomic mass is 32.1. The molecule has 3 heterocycles. The third-order valence-electron chi connectivity index (χ3n) is 7.47. The van der Waals surface area contributed by atoms with Crippen molar-refractivity contribution in [2.45, 2.75) is 65.3 Å². The number of carbonyl (C=O) groups is 1. The van der Waals surface area contributed by atoms with Crippen molar-refractivity contribution in [1.29, 1.82) is 0 Å². The van der Waals surface area contributed by atoms with Gasteiger partial charge in [-0.25, -0.2) is 9.37 Å². The first-order valence-electron chi connectivity index (χ1n) is 11.8. The Morgan fingerprint density at radius 1 is 1.22 bits per heavy atom. The van der Waals surface area contributed by atoms with Crippen molar-refractivity contribution in [2.75, 3.05) is 24.5 Å². The minimum absolute atomic E-state index is 0.0410. The maximum atomic E-state index is 13.6. The summed E-state index contributed by atoms with van der Waals surface area (Å²) in [4.78, 5) is 22.8. The SMILES string of the molecule is CC1(C)CC2CC(C)(CN2C(=O)C2CCCN(c3nc(Cc4ccc(F)cc4)ns3)C2)C1. The normalized spacial score (nSPS) is 29.4. The average molecular weight is 457 g/mol. The van der Waals surface area contributed by atoms with E-state index in [1.165, 1.54) is 30.1 Å². The molecular weight excluding hydrogens is 423 g/mol. The van der Waals surface area contributed by atoms with Crippen LogP contribution in [-0.2, 0) is 11.2 Å². The molecule has 1 amide bonds. The monoisotopic (exact) mass is 456 g/mol. The van der Waals surface area contributed by atoms with Crippen molar-refractivity contribution < 1.29 is 9.18 Å². The molecule has 5 nitrogen and oxygen atoms in total. The van der Waals surface area contributed by atoms with E-state index in [0.29, 0.717) is 23.8 Å². The van der Waals surface area contributed by atoms with Crippen LogP contribution in [0.1, 0.15) is 64.3 Å². The van der Waals surface area contributed by atoms with Gasteiger partial charge in [0.15, 0.2) is 0 Å². The molecule has 2 aromatic rings. The Morgan fingerprint density at radius 2 is 2.00 bits per heavy atom. The van der Waals surface area contributed by atoms with Crippen LogP contribution in [0.3, 0.4) is 0 Å². The Hall–Kier alpha value is -2.02. The summed E-state index contributed by atoms with van der Waals surface area (Å²) in [7, 11) is 0. The van der Waals surface area contributed by atoms with E-state index in [0.717, 1.165) is 61.8 Å². The number of anilines is 1. The van der Waals surface area contributed by atoms with Crippen molar-refractivity contribution in [3.05, 3.63) is 41.5 Å². The van der Waals surface area contributed by atoms with Crippen molar-refractivity contribution >= 4 is 22.6 Å². The van der Waals surface area contributed by atoms with Crippen LogP contribution in [0.15, 0.2) is 24.3 Å². The predicted molar refractivity (Wildman–Crippen MR) is 125 cm³/mol. The maximum Gasteiger partial charge on any atom is 0.227 e. The molecule has 5 rings (SSSR count). The Balaban J connectivity index is 1.25. The maximum absolute atomic E-state index is 13.6.